The van der Waals surface area contributed by atoms with Crippen molar-refractivity contribution in [3.63, 3.8) is 0 Å². The van der Waals surface area contributed by atoms with Gasteiger partial charge in [-0.3, -0.25) is 4.79 Å². The van der Waals surface area contributed by atoms with Crippen molar-refractivity contribution in [3.05, 3.63) is 84.4 Å². The molecule has 0 bridgehead atoms. The minimum atomic E-state index is -3.24. The Balaban J connectivity index is 1.69. The van der Waals surface area contributed by atoms with Gasteiger partial charge < -0.3 is 4.90 Å². The van der Waals surface area contributed by atoms with Crippen LogP contribution in [-0.2, 0) is 21.1 Å². The summed E-state index contributed by atoms with van der Waals surface area (Å²) in [5, 5.41) is 0. The fourth-order valence-electron chi connectivity index (χ4n) is 2.80. The molecule has 138 valence electrons. The van der Waals surface area contributed by atoms with Gasteiger partial charge in [0.25, 0.3) is 0 Å². The number of hydrogen-bond donors (Lipinski definition) is 0. The van der Waals surface area contributed by atoms with E-state index in [1.165, 1.54) is 17.0 Å². The zero-order valence-corrected chi connectivity index (χ0v) is 16.1. The minimum Gasteiger partial charge on any atom is -0.315 e. The Morgan fingerprint density at radius 2 is 1.37 bits per heavy atom. The third-order valence-electron chi connectivity index (χ3n) is 4.44. The van der Waals surface area contributed by atoms with E-state index < -0.39 is 9.84 Å². The van der Waals surface area contributed by atoms with Crippen LogP contribution < -0.4 is 4.90 Å². The highest BCUT2D eigenvalue weighted by Gasteiger charge is 2.13. The molecular weight excluding hydrogens is 358 g/mol. The van der Waals surface area contributed by atoms with E-state index in [0.717, 1.165) is 22.9 Å². The zero-order chi connectivity index (χ0) is 19.4. The van der Waals surface area contributed by atoms with Crippen molar-refractivity contribution in [2.45, 2.75) is 11.3 Å². The van der Waals surface area contributed by atoms with Crippen LogP contribution in [0.4, 0.5) is 5.69 Å². The molecule has 3 aromatic carbocycles. The van der Waals surface area contributed by atoms with Crippen LogP contribution in [0, 0.1) is 0 Å². The average molecular weight is 379 g/mol. The van der Waals surface area contributed by atoms with Gasteiger partial charge in [-0.15, -0.1) is 0 Å². The third-order valence-corrected chi connectivity index (χ3v) is 5.57. The van der Waals surface area contributed by atoms with E-state index >= 15 is 0 Å². The molecule has 0 spiro atoms. The molecule has 3 rings (SSSR count). The second kappa shape index (κ2) is 7.76. The Kier molecular flexibility index (Phi) is 5.42. The molecule has 5 heteroatoms. The molecule has 0 radical (unpaired) electrons. The molecule has 1 amide bonds. The lowest BCUT2D eigenvalue weighted by Crippen LogP contribution is -2.27. The van der Waals surface area contributed by atoms with Gasteiger partial charge in [0.2, 0.25) is 5.91 Å². The predicted molar refractivity (Wildman–Crippen MR) is 109 cm³/mol. The fraction of sp³-hybridized carbons (Fsp3) is 0.136. The number of sulfone groups is 1. The Morgan fingerprint density at radius 1 is 0.815 bits per heavy atom. The van der Waals surface area contributed by atoms with Crippen molar-refractivity contribution < 1.29 is 13.2 Å². The Hall–Kier alpha value is -2.92. The molecule has 0 unspecified atom stereocenters. The number of carbonyl (C=O) groups excluding carboxylic acids is 1. The molecule has 3 aromatic rings. The quantitative estimate of drug-likeness (QED) is 0.674. The molecule has 0 aromatic heterocycles. The number of rotatable bonds is 5. The van der Waals surface area contributed by atoms with Crippen molar-refractivity contribution in [1.82, 2.24) is 0 Å². The predicted octanol–water partition coefficient (Wildman–Crippen LogP) is 3.96. The van der Waals surface area contributed by atoms with Crippen LogP contribution in [0.3, 0.4) is 0 Å². The molecule has 0 N–H and O–H groups in total. The molecule has 0 aliphatic rings. The van der Waals surface area contributed by atoms with Crippen molar-refractivity contribution in [1.29, 1.82) is 0 Å². The molecule has 0 atom stereocenters. The normalized spacial score (nSPS) is 11.2. The summed E-state index contributed by atoms with van der Waals surface area (Å²) in [6, 6.07) is 24.3. The largest absolute Gasteiger partial charge is 0.315 e. The standard InChI is InChI=1S/C22H21NO3S/c1-23(20-12-14-21(15-13-20)27(2,25)26)22(24)16-17-8-10-19(11-9-17)18-6-4-3-5-7-18/h3-15H,16H2,1-2H3. The lowest BCUT2D eigenvalue weighted by atomic mass is 10.0. The maximum absolute atomic E-state index is 12.6. The second-order valence-corrected chi connectivity index (χ2v) is 8.47. The van der Waals surface area contributed by atoms with E-state index in [1.54, 1.807) is 19.2 Å². The Bertz CT molecular complexity index is 1030. The maximum atomic E-state index is 12.6. The highest BCUT2D eigenvalue weighted by Crippen LogP contribution is 2.21. The summed E-state index contributed by atoms with van der Waals surface area (Å²) in [5.74, 6) is -0.0606. The van der Waals surface area contributed by atoms with E-state index in [9.17, 15) is 13.2 Å². The maximum Gasteiger partial charge on any atom is 0.231 e. The minimum absolute atomic E-state index is 0.0606. The van der Waals surface area contributed by atoms with Crippen LogP contribution in [0.5, 0.6) is 0 Å². The van der Waals surface area contributed by atoms with Gasteiger partial charge in [-0.05, 0) is 41.0 Å². The average Bonchev–Trinajstić information content (AvgIpc) is 2.68. The van der Waals surface area contributed by atoms with E-state index in [1.807, 2.05) is 54.6 Å². The molecule has 0 aliphatic carbocycles. The first-order valence-corrected chi connectivity index (χ1v) is 10.4. The Labute approximate surface area is 160 Å². The van der Waals surface area contributed by atoms with Gasteiger partial charge in [0.15, 0.2) is 9.84 Å². The molecule has 0 aliphatic heterocycles. The van der Waals surface area contributed by atoms with Crippen molar-refractivity contribution in [2.24, 2.45) is 0 Å². The number of nitrogens with zero attached hydrogens (tertiary/aromatic N) is 1. The molecule has 0 saturated heterocycles. The highest BCUT2D eigenvalue weighted by atomic mass is 32.2. The van der Waals surface area contributed by atoms with Crippen LogP contribution in [-0.4, -0.2) is 27.6 Å². The van der Waals surface area contributed by atoms with Gasteiger partial charge in [-0.25, -0.2) is 8.42 Å². The van der Waals surface area contributed by atoms with Crippen LogP contribution >= 0.6 is 0 Å². The lowest BCUT2D eigenvalue weighted by Gasteiger charge is -2.18. The summed E-state index contributed by atoms with van der Waals surface area (Å²) in [7, 11) is -1.55. The van der Waals surface area contributed by atoms with Crippen molar-refractivity contribution in [2.75, 3.05) is 18.2 Å². The smallest absolute Gasteiger partial charge is 0.231 e. The first-order chi connectivity index (χ1) is 12.8. The second-order valence-electron chi connectivity index (χ2n) is 6.46. The summed E-state index contributed by atoms with van der Waals surface area (Å²) in [6.45, 7) is 0. The van der Waals surface area contributed by atoms with E-state index in [2.05, 4.69) is 0 Å². The molecule has 0 saturated carbocycles. The van der Waals surface area contributed by atoms with Gasteiger partial charge in [-0.1, -0.05) is 54.6 Å². The molecule has 27 heavy (non-hydrogen) atoms. The number of anilines is 1. The summed E-state index contributed by atoms with van der Waals surface area (Å²) in [4.78, 5) is 14.3. The number of benzene rings is 3. The summed E-state index contributed by atoms with van der Waals surface area (Å²) in [5.41, 5.74) is 3.84. The first-order valence-electron chi connectivity index (χ1n) is 8.55. The SMILES string of the molecule is CN(C(=O)Cc1ccc(-c2ccccc2)cc1)c1ccc(S(C)(=O)=O)cc1. The summed E-state index contributed by atoms with van der Waals surface area (Å²) in [6.07, 6.45) is 1.44. The number of carbonyl (C=O) groups is 1. The molecule has 4 nitrogen and oxygen atoms in total. The topological polar surface area (TPSA) is 54.5 Å². The molecule has 0 fully saturated rings. The van der Waals surface area contributed by atoms with Crippen LogP contribution in [0.15, 0.2) is 83.8 Å². The van der Waals surface area contributed by atoms with Crippen molar-refractivity contribution >= 4 is 21.4 Å². The van der Waals surface area contributed by atoms with Crippen LogP contribution in [0.2, 0.25) is 0 Å². The van der Waals surface area contributed by atoms with Crippen molar-refractivity contribution in [3.8, 4) is 11.1 Å². The van der Waals surface area contributed by atoms with Gasteiger partial charge in [0.1, 0.15) is 0 Å². The Morgan fingerprint density at radius 3 is 1.93 bits per heavy atom. The third kappa shape index (κ3) is 4.63. The van der Waals surface area contributed by atoms with Gasteiger partial charge in [-0.2, -0.15) is 0 Å². The van der Waals surface area contributed by atoms with E-state index in [-0.39, 0.29) is 17.2 Å². The molecular formula is C22H21NO3S. The van der Waals surface area contributed by atoms with E-state index in [0.29, 0.717) is 5.69 Å². The number of amides is 1. The lowest BCUT2D eigenvalue weighted by molar-refractivity contribution is -0.117. The summed E-state index contributed by atoms with van der Waals surface area (Å²) >= 11 is 0. The van der Waals surface area contributed by atoms with Crippen LogP contribution in [0.1, 0.15) is 5.56 Å². The zero-order valence-electron chi connectivity index (χ0n) is 15.3. The van der Waals surface area contributed by atoms with Crippen LogP contribution in [0.25, 0.3) is 11.1 Å². The van der Waals surface area contributed by atoms with Gasteiger partial charge >= 0.3 is 0 Å². The monoisotopic (exact) mass is 379 g/mol. The highest BCUT2D eigenvalue weighted by molar-refractivity contribution is 7.90. The van der Waals surface area contributed by atoms with Gasteiger partial charge in [0.05, 0.1) is 11.3 Å². The first kappa shape index (κ1) is 18.9. The van der Waals surface area contributed by atoms with E-state index in [4.69, 9.17) is 0 Å². The summed E-state index contributed by atoms with van der Waals surface area (Å²) < 4.78 is 23.1. The number of hydrogen-bond acceptors (Lipinski definition) is 3. The molecule has 0 heterocycles. The van der Waals surface area contributed by atoms with Gasteiger partial charge in [0, 0.05) is 19.0 Å². The number of likely N-dealkylation sites (N-methyl/N-ethyl adjacent to an activating group) is 1. The fourth-order valence-corrected chi connectivity index (χ4v) is 3.43.